The molecule has 4 atom stereocenters. The number of allylic oxidation sites excluding steroid dienone is 3. The van der Waals surface area contributed by atoms with Crippen molar-refractivity contribution in [1.82, 2.24) is 0 Å². The second-order valence-electron chi connectivity index (χ2n) is 11.2. The standard InChI is InChI=1S/C29H40O5.C4H8/c1-5-21(2)28(3,24-19-26(31)33-24)17-11-9-15-23(30)16-10-12-18-29(4,25-20-27(32)34-25)22-13-7-6-8-14-22;1-3-4-2/h5-8,13-14,24-25H,9-12,15-20H2,1-4H3;3-4H,1-2H3/b21-5+;4-3-. The summed E-state index contributed by atoms with van der Waals surface area (Å²) in [7, 11) is 0. The van der Waals surface area contributed by atoms with Crippen LogP contribution in [0.2, 0.25) is 0 Å². The molecule has 3 rings (SSSR count). The van der Waals surface area contributed by atoms with Gasteiger partial charge in [-0.1, -0.05) is 80.8 Å². The highest BCUT2D eigenvalue weighted by molar-refractivity contribution is 5.78. The summed E-state index contributed by atoms with van der Waals surface area (Å²) >= 11 is 0. The summed E-state index contributed by atoms with van der Waals surface area (Å²) in [5, 5.41) is 0. The molecule has 2 saturated heterocycles. The Morgan fingerprint density at radius 1 is 0.842 bits per heavy atom. The highest BCUT2D eigenvalue weighted by atomic mass is 16.6. The van der Waals surface area contributed by atoms with E-state index in [2.05, 4.69) is 39.0 Å². The Bertz CT molecular complexity index is 958. The lowest BCUT2D eigenvalue weighted by Gasteiger charge is -2.42. The van der Waals surface area contributed by atoms with E-state index in [1.807, 2.05) is 51.1 Å². The number of ketones is 1. The summed E-state index contributed by atoms with van der Waals surface area (Å²) < 4.78 is 10.8. The fraction of sp³-hybridized carbons (Fsp3) is 0.606. The number of rotatable bonds is 14. The van der Waals surface area contributed by atoms with Gasteiger partial charge in [0.05, 0.1) is 12.8 Å². The van der Waals surface area contributed by atoms with Crippen molar-refractivity contribution >= 4 is 17.7 Å². The maximum Gasteiger partial charge on any atom is 0.309 e. The quantitative estimate of drug-likeness (QED) is 0.141. The van der Waals surface area contributed by atoms with Crippen molar-refractivity contribution in [3.63, 3.8) is 0 Å². The van der Waals surface area contributed by atoms with E-state index in [-0.39, 0.29) is 35.0 Å². The predicted molar refractivity (Wildman–Crippen MR) is 153 cm³/mol. The second-order valence-corrected chi connectivity index (χ2v) is 11.2. The van der Waals surface area contributed by atoms with Crippen molar-refractivity contribution in [3.8, 4) is 0 Å². The Hall–Kier alpha value is -2.69. The van der Waals surface area contributed by atoms with Crippen molar-refractivity contribution in [1.29, 1.82) is 0 Å². The maximum atomic E-state index is 12.5. The van der Waals surface area contributed by atoms with E-state index in [1.165, 1.54) is 11.1 Å². The Balaban J connectivity index is 0.00000118. The normalized spacial score (nSPS) is 22.1. The first kappa shape index (κ1) is 31.5. The molecule has 4 unspecified atom stereocenters. The van der Waals surface area contributed by atoms with Crippen molar-refractivity contribution < 1.29 is 23.9 Å². The molecule has 0 bridgehead atoms. The molecule has 2 heterocycles. The van der Waals surface area contributed by atoms with E-state index in [4.69, 9.17) is 9.47 Å². The van der Waals surface area contributed by atoms with E-state index < -0.39 is 0 Å². The Morgan fingerprint density at radius 3 is 1.82 bits per heavy atom. The fourth-order valence-corrected chi connectivity index (χ4v) is 5.32. The zero-order valence-corrected chi connectivity index (χ0v) is 24.4. The highest BCUT2D eigenvalue weighted by Crippen LogP contribution is 2.43. The minimum atomic E-state index is -0.210. The van der Waals surface area contributed by atoms with E-state index in [0.29, 0.717) is 31.5 Å². The number of hydrogen-bond acceptors (Lipinski definition) is 5. The van der Waals surface area contributed by atoms with Gasteiger partial charge in [-0.05, 0) is 58.9 Å². The number of carbonyl (C=O) groups is 3. The molecular weight excluding hydrogens is 476 g/mol. The molecule has 1 aromatic carbocycles. The van der Waals surface area contributed by atoms with Crippen molar-refractivity contribution in [3.05, 3.63) is 59.7 Å². The molecule has 0 aromatic heterocycles. The molecule has 0 radical (unpaired) electrons. The molecule has 0 amide bonds. The molecule has 38 heavy (non-hydrogen) atoms. The first-order valence-corrected chi connectivity index (χ1v) is 14.3. The van der Waals surface area contributed by atoms with Crippen molar-refractivity contribution in [2.24, 2.45) is 5.41 Å². The molecule has 1 aromatic rings. The minimum Gasteiger partial charge on any atom is -0.461 e. The third-order valence-corrected chi connectivity index (χ3v) is 8.58. The Kier molecular flexibility index (Phi) is 12.5. The molecule has 210 valence electrons. The summed E-state index contributed by atoms with van der Waals surface area (Å²) in [6.07, 6.45) is 13.5. The molecule has 0 N–H and O–H groups in total. The van der Waals surface area contributed by atoms with Gasteiger partial charge in [0.2, 0.25) is 0 Å². The van der Waals surface area contributed by atoms with Gasteiger partial charge in [0.15, 0.2) is 0 Å². The average molecular weight is 525 g/mol. The zero-order chi connectivity index (χ0) is 28.2. The molecule has 0 saturated carbocycles. The third kappa shape index (κ3) is 8.41. The number of esters is 2. The van der Waals surface area contributed by atoms with Gasteiger partial charge >= 0.3 is 11.9 Å². The molecule has 5 nitrogen and oxygen atoms in total. The van der Waals surface area contributed by atoms with Crippen LogP contribution in [0.15, 0.2) is 54.1 Å². The number of ether oxygens (including phenoxy) is 2. The molecular formula is C33H48O5. The number of carbonyl (C=O) groups excluding carboxylic acids is 3. The zero-order valence-electron chi connectivity index (χ0n) is 24.4. The van der Waals surface area contributed by atoms with Crippen molar-refractivity contribution in [2.45, 2.75) is 123 Å². The SMILES string of the molecule is C/C=C(\C)C(C)(CCCCC(=O)CCCCC(C)(c1ccccc1)C1CC(=O)O1)C1CC(=O)O1.C/C=C\C. The molecule has 0 spiro atoms. The lowest BCUT2D eigenvalue weighted by Crippen LogP contribution is -2.48. The van der Waals surface area contributed by atoms with Crippen LogP contribution in [0.4, 0.5) is 0 Å². The van der Waals surface area contributed by atoms with Gasteiger partial charge in [-0.2, -0.15) is 0 Å². The van der Waals surface area contributed by atoms with Gasteiger partial charge in [0.25, 0.3) is 0 Å². The topological polar surface area (TPSA) is 69.7 Å². The first-order chi connectivity index (χ1) is 18.1. The maximum absolute atomic E-state index is 12.5. The Morgan fingerprint density at radius 2 is 1.34 bits per heavy atom. The fourth-order valence-electron chi connectivity index (χ4n) is 5.32. The lowest BCUT2D eigenvalue weighted by molar-refractivity contribution is -0.180. The van der Waals surface area contributed by atoms with Crippen LogP contribution in [0.3, 0.4) is 0 Å². The second kappa shape index (κ2) is 15.0. The van der Waals surface area contributed by atoms with Crippen LogP contribution in [-0.4, -0.2) is 29.9 Å². The van der Waals surface area contributed by atoms with Crippen LogP contribution in [0.25, 0.3) is 0 Å². The van der Waals surface area contributed by atoms with Gasteiger partial charge < -0.3 is 9.47 Å². The van der Waals surface area contributed by atoms with E-state index in [1.54, 1.807) is 0 Å². The summed E-state index contributed by atoms with van der Waals surface area (Å²) in [5.41, 5.74) is 2.09. The summed E-state index contributed by atoms with van der Waals surface area (Å²) in [5.74, 6) is 0.0729. The van der Waals surface area contributed by atoms with Crippen molar-refractivity contribution in [2.75, 3.05) is 0 Å². The van der Waals surface area contributed by atoms with Gasteiger partial charge in [-0.25, -0.2) is 0 Å². The summed E-state index contributed by atoms with van der Waals surface area (Å²) in [6.45, 7) is 12.5. The monoisotopic (exact) mass is 524 g/mol. The Labute approximate surface area is 230 Å². The van der Waals surface area contributed by atoms with Crippen LogP contribution in [0.5, 0.6) is 0 Å². The van der Waals surface area contributed by atoms with E-state index in [9.17, 15) is 14.4 Å². The third-order valence-electron chi connectivity index (χ3n) is 8.58. The first-order valence-electron chi connectivity index (χ1n) is 14.3. The van der Waals surface area contributed by atoms with Crippen LogP contribution >= 0.6 is 0 Å². The number of hydrogen-bond donors (Lipinski definition) is 0. The number of unbranched alkanes of at least 4 members (excludes halogenated alkanes) is 2. The summed E-state index contributed by atoms with van der Waals surface area (Å²) in [6, 6.07) is 10.2. The molecule has 2 aliphatic heterocycles. The summed E-state index contributed by atoms with van der Waals surface area (Å²) in [4.78, 5) is 35.2. The number of Topliss-reactive ketones (excluding diaryl/α,β-unsaturated/α-hetero) is 1. The van der Waals surface area contributed by atoms with Crippen LogP contribution in [0, 0.1) is 5.41 Å². The molecule has 2 fully saturated rings. The smallest absolute Gasteiger partial charge is 0.309 e. The van der Waals surface area contributed by atoms with Gasteiger partial charge in [0, 0.05) is 23.7 Å². The highest BCUT2D eigenvalue weighted by Gasteiger charge is 2.46. The van der Waals surface area contributed by atoms with E-state index in [0.717, 1.165) is 38.5 Å². The lowest BCUT2D eigenvalue weighted by atomic mass is 9.71. The average Bonchev–Trinajstić information content (AvgIpc) is 2.89. The van der Waals surface area contributed by atoms with Crippen LogP contribution in [0.1, 0.15) is 111 Å². The predicted octanol–water partition coefficient (Wildman–Crippen LogP) is 7.82. The largest absolute Gasteiger partial charge is 0.461 e. The van der Waals surface area contributed by atoms with Crippen LogP contribution in [-0.2, 0) is 29.3 Å². The van der Waals surface area contributed by atoms with E-state index >= 15 is 0 Å². The van der Waals surface area contributed by atoms with Crippen LogP contribution < -0.4 is 0 Å². The molecule has 2 aliphatic rings. The number of benzene rings is 1. The minimum absolute atomic E-state index is 0.0410. The molecule has 0 aliphatic carbocycles. The molecule has 5 heteroatoms. The van der Waals surface area contributed by atoms with Gasteiger partial charge in [0.1, 0.15) is 18.0 Å². The number of cyclic esters (lactones) is 2. The van der Waals surface area contributed by atoms with Gasteiger partial charge in [-0.3, -0.25) is 14.4 Å². The van der Waals surface area contributed by atoms with Gasteiger partial charge in [-0.15, -0.1) is 0 Å².